The highest BCUT2D eigenvalue weighted by atomic mass is 127. The molecule has 0 amide bonds. The predicted octanol–water partition coefficient (Wildman–Crippen LogP) is 2.13. The molecule has 5 nitrogen and oxygen atoms in total. The summed E-state index contributed by atoms with van der Waals surface area (Å²) >= 11 is 0. The molecule has 136 valence electrons. The average Bonchev–Trinajstić information content (AvgIpc) is 2.59. The van der Waals surface area contributed by atoms with E-state index < -0.39 is 0 Å². The minimum absolute atomic E-state index is 0. The molecule has 2 aliphatic rings. The molecule has 2 fully saturated rings. The third kappa shape index (κ3) is 7.56. The van der Waals surface area contributed by atoms with Gasteiger partial charge in [0, 0.05) is 32.7 Å². The minimum atomic E-state index is 0. The Bertz CT molecular complexity index is 331. The van der Waals surface area contributed by atoms with E-state index in [0.29, 0.717) is 6.04 Å². The molecule has 2 rings (SSSR count). The summed E-state index contributed by atoms with van der Waals surface area (Å²) in [6.07, 6.45) is 8.16. The summed E-state index contributed by atoms with van der Waals surface area (Å²) in [6, 6.07) is 0.666. The van der Waals surface area contributed by atoms with Gasteiger partial charge in [0.05, 0.1) is 0 Å². The number of halogens is 1. The van der Waals surface area contributed by atoms with E-state index in [-0.39, 0.29) is 24.0 Å². The zero-order valence-electron chi connectivity index (χ0n) is 15.0. The van der Waals surface area contributed by atoms with Crippen molar-refractivity contribution >= 4 is 29.9 Å². The molecule has 1 atom stereocenters. The first-order chi connectivity index (χ1) is 10.8. The Labute approximate surface area is 159 Å². The van der Waals surface area contributed by atoms with E-state index in [1.165, 1.54) is 58.2 Å². The monoisotopic (exact) mass is 437 g/mol. The number of hydrogen-bond donors (Lipinski definition) is 2. The van der Waals surface area contributed by atoms with Gasteiger partial charge < -0.3 is 15.5 Å². The first kappa shape index (κ1) is 21.0. The lowest BCUT2D eigenvalue weighted by atomic mass is 10.0. The van der Waals surface area contributed by atoms with Crippen LogP contribution < -0.4 is 10.6 Å². The molecule has 2 heterocycles. The van der Waals surface area contributed by atoms with Gasteiger partial charge in [0.25, 0.3) is 0 Å². The molecular formula is C17H36IN5. The zero-order valence-corrected chi connectivity index (χ0v) is 17.3. The second-order valence-electron chi connectivity index (χ2n) is 6.56. The van der Waals surface area contributed by atoms with Crippen molar-refractivity contribution in [2.24, 2.45) is 4.99 Å². The first-order valence-corrected chi connectivity index (χ1v) is 9.24. The van der Waals surface area contributed by atoms with Gasteiger partial charge in [-0.25, -0.2) is 0 Å². The maximum Gasteiger partial charge on any atom is 0.191 e. The maximum atomic E-state index is 4.36. The van der Waals surface area contributed by atoms with Crippen LogP contribution >= 0.6 is 24.0 Å². The highest BCUT2D eigenvalue weighted by Gasteiger charge is 2.20. The van der Waals surface area contributed by atoms with Crippen LogP contribution in [-0.2, 0) is 0 Å². The standard InChI is InChI=1S/C17H35N5.HI/c1-3-22-13-8-5-9-16(22)15-20-17(18-2)19-10-14-21-11-6-4-7-12-21;/h16H,3-15H2,1-2H3,(H2,18,19,20);1H. The summed E-state index contributed by atoms with van der Waals surface area (Å²) in [5, 5.41) is 6.99. The molecule has 23 heavy (non-hydrogen) atoms. The smallest absolute Gasteiger partial charge is 0.191 e. The van der Waals surface area contributed by atoms with E-state index in [0.717, 1.165) is 32.1 Å². The molecular weight excluding hydrogens is 401 g/mol. The Kier molecular flexibility index (Phi) is 11.2. The van der Waals surface area contributed by atoms with Crippen molar-refractivity contribution in [1.29, 1.82) is 0 Å². The molecule has 0 aromatic rings. The Balaban J connectivity index is 0.00000264. The highest BCUT2D eigenvalue weighted by Crippen LogP contribution is 2.15. The van der Waals surface area contributed by atoms with Crippen LogP contribution in [0.5, 0.6) is 0 Å². The van der Waals surface area contributed by atoms with E-state index >= 15 is 0 Å². The van der Waals surface area contributed by atoms with Gasteiger partial charge in [0.1, 0.15) is 0 Å². The summed E-state index contributed by atoms with van der Waals surface area (Å²) in [5.74, 6) is 0.957. The van der Waals surface area contributed by atoms with Gasteiger partial charge in [-0.2, -0.15) is 0 Å². The quantitative estimate of drug-likeness (QED) is 0.380. The molecule has 2 saturated heterocycles. The van der Waals surface area contributed by atoms with Gasteiger partial charge in [-0.15, -0.1) is 24.0 Å². The van der Waals surface area contributed by atoms with Gasteiger partial charge in [-0.05, 0) is 51.9 Å². The Hall–Kier alpha value is -0.0800. The number of guanidine groups is 1. The predicted molar refractivity (Wildman–Crippen MR) is 110 cm³/mol. The van der Waals surface area contributed by atoms with E-state index in [4.69, 9.17) is 0 Å². The molecule has 0 aromatic carbocycles. The highest BCUT2D eigenvalue weighted by molar-refractivity contribution is 14.0. The largest absolute Gasteiger partial charge is 0.355 e. The van der Waals surface area contributed by atoms with Crippen LogP contribution in [0, 0.1) is 0 Å². The van der Waals surface area contributed by atoms with Crippen molar-refractivity contribution in [3.05, 3.63) is 0 Å². The van der Waals surface area contributed by atoms with E-state index in [1.54, 1.807) is 0 Å². The lowest BCUT2D eigenvalue weighted by Gasteiger charge is -2.35. The molecule has 6 heteroatoms. The van der Waals surface area contributed by atoms with E-state index in [2.05, 4.69) is 32.3 Å². The van der Waals surface area contributed by atoms with Gasteiger partial charge in [0.15, 0.2) is 5.96 Å². The van der Waals surface area contributed by atoms with Crippen molar-refractivity contribution in [3.8, 4) is 0 Å². The number of nitrogens with zero attached hydrogens (tertiary/aromatic N) is 3. The van der Waals surface area contributed by atoms with Gasteiger partial charge >= 0.3 is 0 Å². The average molecular weight is 437 g/mol. The van der Waals surface area contributed by atoms with Crippen molar-refractivity contribution in [2.45, 2.75) is 51.5 Å². The number of likely N-dealkylation sites (tertiary alicyclic amines) is 2. The zero-order chi connectivity index (χ0) is 15.6. The first-order valence-electron chi connectivity index (χ1n) is 9.24. The van der Waals surface area contributed by atoms with Crippen molar-refractivity contribution in [3.63, 3.8) is 0 Å². The summed E-state index contributed by atoms with van der Waals surface area (Å²) in [5.41, 5.74) is 0. The van der Waals surface area contributed by atoms with Gasteiger partial charge in [-0.1, -0.05) is 19.8 Å². The molecule has 0 spiro atoms. The van der Waals surface area contributed by atoms with Crippen LogP contribution in [0.25, 0.3) is 0 Å². The second-order valence-corrected chi connectivity index (χ2v) is 6.56. The fourth-order valence-electron chi connectivity index (χ4n) is 3.66. The van der Waals surface area contributed by atoms with Crippen molar-refractivity contribution in [1.82, 2.24) is 20.4 Å². The number of piperidine rings is 2. The maximum absolute atomic E-state index is 4.36. The van der Waals surface area contributed by atoms with Gasteiger partial charge in [0.2, 0.25) is 0 Å². The van der Waals surface area contributed by atoms with Crippen molar-refractivity contribution in [2.75, 3.05) is 52.9 Å². The Morgan fingerprint density at radius 2 is 1.78 bits per heavy atom. The van der Waals surface area contributed by atoms with Crippen LogP contribution in [0.15, 0.2) is 4.99 Å². The molecule has 0 aromatic heterocycles. The van der Waals surface area contributed by atoms with Gasteiger partial charge in [-0.3, -0.25) is 9.89 Å². The molecule has 0 bridgehead atoms. The second kappa shape index (κ2) is 12.3. The van der Waals surface area contributed by atoms with Crippen LogP contribution in [0.2, 0.25) is 0 Å². The normalized spacial score (nSPS) is 24.1. The fourth-order valence-corrected chi connectivity index (χ4v) is 3.66. The fraction of sp³-hybridized carbons (Fsp3) is 0.941. The topological polar surface area (TPSA) is 42.9 Å². The number of likely N-dealkylation sites (N-methyl/N-ethyl adjacent to an activating group) is 1. The summed E-state index contributed by atoms with van der Waals surface area (Å²) in [7, 11) is 1.87. The van der Waals surface area contributed by atoms with E-state index in [1.807, 2.05) is 7.05 Å². The van der Waals surface area contributed by atoms with Crippen LogP contribution in [0.1, 0.15) is 45.4 Å². The minimum Gasteiger partial charge on any atom is -0.355 e. The van der Waals surface area contributed by atoms with Crippen LogP contribution in [0.4, 0.5) is 0 Å². The molecule has 1 unspecified atom stereocenters. The number of nitrogens with one attached hydrogen (secondary N) is 2. The van der Waals surface area contributed by atoms with Crippen LogP contribution in [-0.4, -0.2) is 74.7 Å². The summed E-state index contributed by atoms with van der Waals surface area (Å²) in [6.45, 7) is 10.3. The third-order valence-corrected chi connectivity index (χ3v) is 5.05. The molecule has 0 saturated carbocycles. The molecule has 0 aliphatic carbocycles. The molecule has 0 radical (unpaired) electrons. The summed E-state index contributed by atoms with van der Waals surface area (Å²) in [4.78, 5) is 9.52. The lowest BCUT2D eigenvalue weighted by molar-refractivity contribution is 0.157. The summed E-state index contributed by atoms with van der Waals surface area (Å²) < 4.78 is 0. The molecule has 2 N–H and O–H groups in total. The Morgan fingerprint density at radius 3 is 2.48 bits per heavy atom. The van der Waals surface area contributed by atoms with E-state index in [9.17, 15) is 0 Å². The lowest BCUT2D eigenvalue weighted by Crippen LogP contribution is -2.49. The number of hydrogen-bond acceptors (Lipinski definition) is 3. The molecule has 2 aliphatic heterocycles. The number of rotatable bonds is 6. The number of aliphatic imine (C=N–C) groups is 1. The SMILES string of the molecule is CCN1CCCCC1CNC(=NC)NCCN1CCCCC1.I. The Morgan fingerprint density at radius 1 is 1.04 bits per heavy atom. The third-order valence-electron chi connectivity index (χ3n) is 5.05. The van der Waals surface area contributed by atoms with Crippen molar-refractivity contribution < 1.29 is 0 Å². The van der Waals surface area contributed by atoms with Crippen LogP contribution in [0.3, 0.4) is 0 Å².